The van der Waals surface area contributed by atoms with E-state index in [9.17, 15) is 4.79 Å². The SMILES string of the molecule is COc1ccc(C)cc1NC(=O)NCCc1ccc(Cl)c(Cl)c1. The Morgan fingerprint density at radius 2 is 1.91 bits per heavy atom. The van der Waals surface area contributed by atoms with Crippen molar-refractivity contribution in [3.8, 4) is 5.75 Å². The lowest BCUT2D eigenvalue weighted by atomic mass is 10.1. The lowest BCUT2D eigenvalue weighted by molar-refractivity contribution is 0.252. The standard InChI is InChI=1S/C17H18Cl2N2O2/c1-11-3-6-16(23-2)15(9-11)21-17(22)20-8-7-12-4-5-13(18)14(19)10-12/h3-6,9-10H,7-8H2,1-2H3,(H2,20,21,22). The normalized spacial score (nSPS) is 10.3. The second kappa shape index (κ2) is 8.09. The van der Waals surface area contributed by atoms with Gasteiger partial charge in [0.15, 0.2) is 0 Å². The van der Waals surface area contributed by atoms with Crippen LogP contribution in [-0.4, -0.2) is 19.7 Å². The molecular weight excluding hydrogens is 335 g/mol. The molecule has 0 saturated heterocycles. The molecule has 2 aromatic carbocycles. The number of methoxy groups -OCH3 is 1. The number of urea groups is 1. The maximum Gasteiger partial charge on any atom is 0.319 e. The second-order valence-corrected chi connectivity index (χ2v) is 5.90. The number of amides is 2. The van der Waals surface area contributed by atoms with Crippen LogP contribution in [0.15, 0.2) is 36.4 Å². The van der Waals surface area contributed by atoms with Crippen molar-refractivity contribution in [2.24, 2.45) is 0 Å². The van der Waals surface area contributed by atoms with Crippen molar-refractivity contribution in [2.45, 2.75) is 13.3 Å². The number of carbonyl (C=O) groups excluding carboxylic acids is 1. The summed E-state index contributed by atoms with van der Waals surface area (Å²) in [6.45, 7) is 2.44. The lowest BCUT2D eigenvalue weighted by Gasteiger charge is -2.12. The van der Waals surface area contributed by atoms with Crippen LogP contribution in [-0.2, 0) is 6.42 Å². The summed E-state index contributed by atoms with van der Waals surface area (Å²) >= 11 is 11.8. The van der Waals surface area contributed by atoms with E-state index in [1.807, 2.05) is 31.2 Å². The molecule has 0 atom stereocenters. The molecule has 0 unspecified atom stereocenters. The Bertz CT molecular complexity index is 705. The average molecular weight is 353 g/mol. The molecule has 0 heterocycles. The summed E-state index contributed by atoms with van der Waals surface area (Å²) in [4.78, 5) is 12.0. The lowest BCUT2D eigenvalue weighted by Crippen LogP contribution is -2.30. The highest BCUT2D eigenvalue weighted by molar-refractivity contribution is 6.42. The van der Waals surface area contributed by atoms with Crippen molar-refractivity contribution < 1.29 is 9.53 Å². The first-order valence-corrected chi connectivity index (χ1v) is 7.88. The minimum atomic E-state index is -0.283. The Balaban J connectivity index is 1.88. The summed E-state index contributed by atoms with van der Waals surface area (Å²) < 4.78 is 5.23. The zero-order valence-corrected chi connectivity index (χ0v) is 14.5. The first kappa shape index (κ1) is 17.4. The summed E-state index contributed by atoms with van der Waals surface area (Å²) in [5, 5.41) is 6.62. The smallest absolute Gasteiger partial charge is 0.319 e. The number of hydrogen-bond acceptors (Lipinski definition) is 2. The van der Waals surface area contributed by atoms with Gasteiger partial charge in [-0.1, -0.05) is 35.3 Å². The van der Waals surface area contributed by atoms with E-state index in [2.05, 4.69) is 10.6 Å². The number of anilines is 1. The molecule has 2 rings (SSSR count). The minimum Gasteiger partial charge on any atom is -0.495 e. The van der Waals surface area contributed by atoms with Crippen LogP contribution in [0.25, 0.3) is 0 Å². The van der Waals surface area contributed by atoms with Crippen molar-refractivity contribution in [1.29, 1.82) is 0 Å². The van der Waals surface area contributed by atoms with Crippen LogP contribution < -0.4 is 15.4 Å². The molecule has 122 valence electrons. The van der Waals surface area contributed by atoms with Crippen molar-refractivity contribution in [1.82, 2.24) is 5.32 Å². The van der Waals surface area contributed by atoms with Gasteiger partial charge in [-0.2, -0.15) is 0 Å². The van der Waals surface area contributed by atoms with Crippen molar-refractivity contribution in [3.63, 3.8) is 0 Å². The molecular formula is C17H18Cl2N2O2. The number of aryl methyl sites for hydroxylation is 1. The maximum absolute atomic E-state index is 12.0. The Morgan fingerprint density at radius 1 is 1.13 bits per heavy atom. The number of rotatable bonds is 5. The van der Waals surface area contributed by atoms with Crippen LogP contribution in [0.3, 0.4) is 0 Å². The number of nitrogens with one attached hydrogen (secondary N) is 2. The van der Waals surface area contributed by atoms with Gasteiger partial charge in [-0.15, -0.1) is 0 Å². The molecule has 2 amide bonds. The average Bonchev–Trinajstić information content (AvgIpc) is 2.51. The van der Waals surface area contributed by atoms with Crippen LogP contribution in [0.2, 0.25) is 10.0 Å². The number of hydrogen-bond donors (Lipinski definition) is 2. The van der Waals surface area contributed by atoms with E-state index in [1.165, 1.54) is 0 Å². The monoisotopic (exact) mass is 352 g/mol. The summed E-state index contributed by atoms with van der Waals surface area (Å²) in [6.07, 6.45) is 0.662. The third-order valence-corrected chi connectivity index (χ3v) is 4.03. The summed E-state index contributed by atoms with van der Waals surface area (Å²) in [7, 11) is 1.57. The van der Waals surface area contributed by atoms with Gasteiger partial charge in [0, 0.05) is 6.54 Å². The largest absolute Gasteiger partial charge is 0.495 e. The molecule has 6 heteroatoms. The van der Waals surface area contributed by atoms with Gasteiger partial charge in [0.05, 0.1) is 22.8 Å². The van der Waals surface area contributed by atoms with Gasteiger partial charge in [0.1, 0.15) is 5.75 Å². The molecule has 2 N–H and O–H groups in total. The van der Waals surface area contributed by atoms with E-state index in [4.69, 9.17) is 27.9 Å². The topological polar surface area (TPSA) is 50.4 Å². The highest BCUT2D eigenvalue weighted by Gasteiger charge is 2.07. The number of benzene rings is 2. The first-order valence-electron chi connectivity index (χ1n) is 7.13. The van der Waals surface area contributed by atoms with Crippen LogP contribution in [0, 0.1) is 6.92 Å². The quantitative estimate of drug-likeness (QED) is 0.820. The van der Waals surface area contributed by atoms with E-state index in [-0.39, 0.29) is 6.03 Å². The molecule has 0 aliphatic carbocycles. The predicted octanol–water partition coefficient (Wildman–Crippen LogP) is 4.67. The van der Waals surface area contributed by atoms with Gasteiger partial charge in [0.25, 0.3) is 0 Å². The number of ether oxygens (including phenoxy) is 1. The molecule has 0 fully saturated rings. The van der Waals surface area contributed by atoms with E-state index in [1.54, 1.807) is 19.2 Å². The Hall–Kier alpha value is -1.91. The van der Waals surface area contributed by atoms with Gasteiger partial charge in [-0.05, 0) is 48.7 Å². The molecule has 0 aliphatic rings. The van der Waals surface area contributed by atoms with Crippen LogP contribution in [0.1, 0.15) is 11.1 Å². The highest BCUT2D eigenvalue weighted by atomic mass is 35.5. The Labute approximate surface area is 145 Å². The molecule has 0 spiro atoms. The molecule has 0 aromatic heterocycles. The van der Waals surface area contributed by atoms with Gasteiger partial charge < -0.3 is 15.4 Å². The van der Waals surface area contributed by atoms with Crippen molar-refractivity contribution in [2.75, 3.05) is 19.0 Å². The first-order chi connectivity index (χ1) is 11.0. The van der Waals surface area contributed by atoms with E-state index in [0.717, 1.165) is 11.1 Å². The molecule has 0 bridgehead atoms. The van der Waals surface area contributed by atoms with Crippen LogP contribution in [0.5, 0.6) is 5.75 Å². The van der Waals surface area contributed by atoms with E-state index < -0.39 is 0 Å². The molecule has 0 radical (unpaired) electrons. The fraction of sp³-hybridized carbons (Fsp3) is 0.235. The maximum atomic E-state index is 12.0. The van der Waals surface area contributed by atoms with Crippen molar-refractivity contribution in [3.05, 3.63) is 57.6 Å². The third-order valence-electron chi connectivity index (χ3n) is 3.29. The molecule has 0 saturated carbocycles. The van der Waals surface area contributed by atoms with Gasteiger partial charge in [-0.25, -0.2) is 4.79 Å². The summed E-state index contributed by atoms with van der Waals surface area (Å²) in [5.74, 6) is 0.621. The molecule has 23 heavy (non-hydrogen) atoms. The number of carbonyl (C=O) groups is 1. The van der Waals surface area contributed by atoms with Gasteiger partial charge >= 0.3 is 6.03 Å². The summed E-state index contributed by atoms with van der Waals surface area (Å²) in [6, 6.07) is 10.7. The Kier molecular flexibility index (Phi) is 6.13. The predicted molar refractivity (Wildman–Crippen MR) is 94.9 cm³/mol. The molecule has 4 nitrogen and oxygen atoms in total. The van der Waals surface area contributed by atoms with E-state index >= 15 is 0 Å². The summed E-state index contributed by atoms with van der Waals surface area (Å²) in [5.41, 5.74) is 2.68. The fourth-order valence-corrected chi connectivity index (χ4v) is 2.42. The van der Waals surface area contributed by atoms with Gasteiger partial charge in [-0.3, -0.25) is 0 Å². The molecule has 0 aliphatic heterocycles. The highest BCUT2D eigenvalue weighted by Crippen LogP contribution is 2.25. The fourth-order valence-electron chi connectivity index (χ4n) is 2.10. The van der Waals surface area contributed by atoms with Gasteiger partial charge in [0.2, 0.25) is 0 Å². The second-order valence-electron chi connectivity index (χ2n) is 5.08. The minimum absolute atomic E-state index is 0.283. The van der Waals surface area contributed by atoms with E-state index in [0.29, 0.717) is 34.4 Å². The molecule has 2 aromatic rings. The Morgan fingerprint density at radius 3 is 2.61 bits per heavy atom. The zero-order valence-electron chi connectivity index (χ0n) is 13.0. The third kappa shape index (κ3) is 5.05. The van der Waals surface area contributed by atoms with Crippen LogP contribution >= 0.6 is 23.2 Å². The van der Waals surface area contributed by atoms with Crippen LogP contribution in [0.4, 0.5) is 10.5 Å². The van der Waals surface area contributed by atoms with Crippen molar-refractivity contribution >= 4 is 34.9 Å². The number of halogens is 2. The zero-order chi connectivity index (χ0) is 16.8.